The van der Waals surface area contributed by atoms with E-state index in [0.29, 0.717) is 18.6 Å². The van der Waals surface area contributed by atoms with Crippen molar-refractivity contribution in [2.75, 3.05) is 26.8 Å². The predicted molar refractivity (Wildman–Crippen MR) is 76.2 cm³/mol. The van der Waals surface area contributed by atoms with Gasteiger partial charge in [0.15, 0.2) is 11.5 Å². The van der Waals surface area contributed by atoms with E-state index >= 15 is 0 Å². The van der Waals surface area contributed by atoms with Crippen LogP contribution < -0.4 is 9.47 Å². The lowest BCUT2D eigenvalue weighted by molar-refractivity contribution is 0.0841. The summed E-state index contributed by atoms with van der Waals surface area (Å²) in [5.74, 6) is 2.55. The standard InChI is InChI=1S/C16H23NO2/c1-4-18-15-11(2)7-8-13-12-6-5-9-17(3)14(12)10-19-16(13)15/h7-8,12,14H,4-6,9-10H2,1-3H3/t12-,14-/m1/s1. The lowest BCUT2D eigenvalue weighted by Crippen LogP contribution is -2.47. The van der Waals surface area contributed by atoms with E-state index in [1.165, 1.54) is 30.5 Å². The Morgan fingerprint density at radius 1 is 1.42 bits per heavy atom. The highest BCUT2D eigenvalue weighted by molar-refractivity contribution is 5.54. The van der Waals surface area contributed by atoms with Crippen molar-refractivity contribution >= 4 is 0 Å². The maximum Gasteiger partial charge on any atom is 0.165 e. The molecule has 1 saturated heterocycles. The van der Waals surface area contributed by atoms with E-state index in [4.69, 9.17) is 9.47 Å². The molecule has 0 unspecified atom stereocenters. The number of piperidine rings is 1. The molecule has 3 rings (SSSR count). The van der Waals surface area contributed by atoms with Gasteiger partial charge in [-0.25, -0.2) is 0 Å². The maximum atomic E-state index is 6.06. The van der Waals surface area contributed by atoms with E-state index < -0.39 is 0 Å². The van der Waals surface area contributed by atoms with Crippen LogP contribution in [0.4, 0.5) is 0 Å². The molecule has 2 aliphatic rings. The molecule has 3 heteroatoms. The van der Waals surface area contributed by atoms with Crippen LogP contribution in [0.3, 0.4) is 0 Å². The van der Waals surface area contributed by atoms with Crippen LogP contribution in [0.15, 0.2) is 12.1 Å². The van der Waals surface area contributed by atoms with Crippen LogP contribution in [0.5, 0.6) is 11.5 Å². The maximum absolute atomic E-state index is 6.06. The average molecular weight is 261 g/mol. The number of likely N-dealkylation sites (N-methyl/N-ethyl adjacent to an activating group) is 1. The minimum absolute atomic E-state index is 0.526. The summed E-state index contributed by atoms with van der Waals surface area (Å²) in [6.45, 7) is 6.78. The SMILES string of the molecule is CCOc1c(C)ccc2c1OC[C@@H]1[C@@H]2CCCN1C. The van der Waals surface area contributed by atoms with Crippen molar-refractivity contribution in [2.24, 2.45) is 0 Å². The number of benzene rings is 1. The minimum atomic E-state index is 0.526. The molecular formula is C16H23NO2. The molecule has 0 N–H and O–H groups in total. The van der Waals surface area contributed by atoms with Gasteiger partial charge >= 0.3 is 0 Å². The molecule has 1 aromatic rings. The summed E-state index contributed by atoms with van der Waals surface area (Å²) in [6.07, 6.45) is 2.54. The zero-order valence-corrected chi connectivity index (χ0v) is 12.1. The molecule has 2 atom stereocenters. The largest absolute Gasteiger partial charge is 0.490 e. The number of ether oxygens (including phenoxy) is 2. The summed E-state index contributed by atoms with van der Waals surface area (Å²) in [5, 5.41) is 0. The monoisotopic (exact) mass is 261 g/mol. The predicted octanol–water partition coefficient (Wildman–Crippen LogP) is 2.96. The molecule has 3 nitrogen and oxygen atoms in total. The van der Waals surface area contributed by atoms with Crippen molar-refractivity contribution in [3.05, 3.63) is 23.3 Å². The smallest absolute Gasteiger partial charge is 0.165 e. The van der Waals surface area contributed by atoms with Crippen molar-refractivity contribution in [3.8, 4) is 11.5 Å². The first-order valence-electron chi connectivity index (χ1n) is 7.31. The molecular weight excluding hydrogens is 238 g/mol. The summed E-state index contributed by atoms with van der Waals surface area (Å²) >= 11 is 0. The van der Waals surface area contributed by atoms with Gasteiger partial charge in [-0.3, -0.25) is 4.90 Å². The van der Waals surface area contributed by atoms with Crippen molar-refractivity contribution in [2.45, 2.75) is 38.6 Å². The van der Waals surface area contributed by atoms with Crippen LogP contribution in [0.1, 0.15) is 36.8 Å². The highest BCUT2D eigenvalue weighted by atomic mass is 16.5. The molecule has 104 valence electrons. The molecule has 2 heterocycles. The Hall–Kier alpha value is -1.22. The number of hydrogen-bond acceptors (Lipinski definition) is 3. The first-order chi connectivity index (χ1) is 9.22. The Morgan fingerprint density at radius 3 is 3.05 bits per heavy atom. The zero-order valence-electron chi connectivity index (χ0n) is 12.1. The second-order valence-electron chi connectivity index (χ2n) is 5.67. The van der Waals surface area contributed by atoms with Gasteiger partial charge in [0.2, 0.25) is 0 Å². The van der Waals surface area contributed by atoms with E-state index in [1.807, 2.05) is 6.92 Å². The first kappa shape index (κ1) is 12.8. The van der Waals surface area contributed by atoms with Gasteiger partial charge in [0.05, 0.1) is 12.6 Å². The number of likely N-dealkylation sites (tertiary alicyclic amines) is 1. The van der Waals surface area contributed by atoms with E-state index in [1.54, 1.807) is 0 Å². The highest BCUT2D eigenvalue weighted by Crippen LogP contribution is 2.46. The van der Waals surface area contributed by atoms with Gasteiger partial charge < -0.3 is 9.47 Å². The molecule has 0 aliphatic carbocycles. The quantitative estimate of drug-likeness (QED) is 0.817. The van der Waals surface area contributed by atoms with E-state index in [2.05, 4.69) is 31.0 Å². The number of nitrogens with zero attached hydrogens (tertiary/aromatic N) is 1. The molecule has 0 saturated carbocycles. The fourth-order valence-corrected chi connectivity index (χ4v) is 3.44. The number of aryl methyl sites for hydroxylation is 1. The summed E-state index contributed by atoms with van der Waals surface area (Å²) in [7, 11) is 2.21. The molecule has 0 radical (unpaired) electrons. The van der Waals surface area contributed by atoms with Crippen LogP contribution in [0, 0.1) is 6.92 Å². The van der Waals surface area contributed by atoms with E-state index in [0.717, 1.165) is 18.1 Å². The fourth-order valence-electron chi connectivity index (χ4n) is 3.44. The van der Waals surface area contributed by atoms with Crippen molar-refractivity contribution in [3.63, 3.8) is 0 Å². The zero-order chi connectivity index (χ0) is 13.4. The second-order valence-corrected chi connectivity index (χ2v) is 5.67. The van der Waals surface area contributed by atoms with Gasteiger partial charge in [-0.2, -0.15) is 0 Å². The van der Waals surface area contributed by atoms with Crippen LogP contribution in [0.2, 0.25) is 0 Å². The van der Waals surface area contributed by atoms with Crippen LogP contribution in [0.25, 0.3) is 0 Å². The Bertz CT molecular complexity index is 472. The summed E-state index contributed by atoms with van der Waals surface area (Å²) < 4.78 is 11.9. The van der Waals surface area contributed by atoms with Crippen molar-refractivity contribution in [1.29, 1.82) is 0 Å². The normalized spacial score (nSPS) is 26.3. The minimum Gasteiger partial charge on any atom is -0.490 e. The van der Waals surface area contributed by atoms with Gasteiger partial charge in [-0.15, -0.1) is 0 Å². The Morgan fingerprint density at radius 2 is 2.26 bits per heavy atom. The Balaban J connectivity index is 2.02. The molecule has 1 aromatic carbocycles. The van der Waals surface area contributed by atoms with Crippen molar-refractivity contribution in [1.82, 2.24) is 4.90 Å². The number of rotatable bonds is 2. The van der Waals surface area contributed by atoms with Gasteiger partial charge in [-0.05, 0) is 45.8 Å². The molecule has 19 heavy (non-hydrogen) atoms. The molecule has 1 fully saturated rings. The van der Waals surface area contributed by atoms with Gasteiger partial charge in [0.1, 0.15) is 6.61 Å². The molecule has 0 spiro atoms. The van der Waals surface area contributed by atoms with Gasteiger partial charge in [0, 0.05) is 11.5 Å². The fraction of sp³-hybridized carbons (Fsp3) is 0.625. The lowest BCUT2D eigenvalue weighted by Gasteiger charge is -2.43. The Kier molecular flexibility index (Phi) is 3.40. The molecule has 0 amide bonds. The first-order valence-corrected chi connectivity index (χ1v) is 7.31. The summed E-state index contributed by atoms with van der Waals surface area (Å²) in [6, 6.07) is 4.94. The molecule has 0 aromatic heterocycles. The second kappa shape index (κ2) is 5.04. The topological polar surface area (TPSA) is 21.7 Å². The third-order valence-electron chi connectivity index (χ3n) is 4.48. The summed E-state index contributed by atoms with van der Waals surface area (Å²) in [5.41, 5.74) is 2.51. The highest BCUT2D eigenvalue weighted by Gasteiger charge is 2.37. The van der Waals surface area contributed by atoms with Crippen LogP contribution in [-0.4, -0.2) is 37.7 Å². The van der Waals surface area contributed by atoms with E-state index in [-0.39, 0.29) is 0 Å². The van der Waals surface area contributed by atoms with Crippen LogP contribution in [-0.2, 0) is 0 Å². The lowest BCUT2D eigenvalue weighted by atomic mass is 9.81. The number of fused-ring (bicyclic) bond motifs is 3. The number of hydrogen-bond donors (Lipinski definition) is 0. The third-order valence-corrected chi connectivity index (χ3v) is 4.48. The summed E-state index contributed by atoms with van der Waals surface area (Å²) in [4.78, 5) is 2.44. The third kappa shape index (κ3) is 2.10. The molecule has 0 bridgehead atoms. The van der Waals surface area contributed by atoms with Gasteiger partial charge in [-0.1, -0.05) is 12.1 Å². The average Bonchev–Trinajstić information content (AvgIpc) is 2.42. The van der Waals surface area contributed by atoms with Gasteiger partial charge in [0.25, 0.3) is 0 Å². The van der Waals surface area contributed by atoms with Crippen LogP contribution >= 0.6 is 0 Å². The Labute approximate surface area is 115 Å². The van der Waals surface area contributed by atoms with Crippen molar-refractivity contribution < 1.29 is 9.47 Å². The molecule has 2 aliphatic heterocycles. The van der Waals surface area contributed by atoms with E-state index in [9.17, 15) is 0 Å².